The molecule has 4 rings (SSSR count). The Balaban J connectivity index is 1.64. The Kier molecular flexibility index (Phi) is 3.37. The molecular formula is C18H15NO5. The van der Waals surface area contributed by atoms with Gasteiger partial charge in [0.05, 0.1) is 5.56 Å². The normalized spacial score (nSPS) is 15.1. The molecule has 0 spiro atoms. The number of carbonyl (C=O) groups is 2. The minimum Gasteiger partial charge on any atom is -0.486 e. The predicted octanol–water partition coefficient (Wildman–Crippen LogP) is 2.36. The second-order valence-corrected chi connectivity index (χ2v) is 5.71. The quantitative estimate of drug-likeness (QED) is 0.917. The molecule has 2 aliphatic heterocycles. The van der Waals surface area contributed by atoms with Crippen LogP contribution in [0.15, 0.2) is 36.4 Å². The molecule has 2 aromatic carbocycles. The topological polar surface area (TPSA) is 76.1 Å². The van der Waals surface area contributed by atoms with E-state index in [-0.39, 0.29) is 11.5 Å². The smallest absolute Gasteiger partial charge is 0.335 e. The van der Waals surface area contributed by atoms with Crippen molar-refractivity contribution >= 4 is 17.6 Å². The SMILES string of the molecule is O=C(O)c1ccc2c(c1)CCN2C(=O)c1ccc2c(c1)OCCO2. The van der Waals surface area contributed by atoms with Crippen molar-refractivity contribution in [1.29, 1.82) is 0 Å². The molecule has 0 saturated carbocycles. The summed E-state index contributed by atoms with van der Waals surface area (Å²) >= 11 is 0. The van der Waals surface area contributed by atoms with Gasteiger partial charge in [0.1, 0.15) is 13.2 Å². The van der Waals surface area contributed by atoms with Gasteiger partial charge in [0.25, 0.3) is 5.91 Å². The summed E-state index contributed by atoms with van der Waals surface area (Å²) < 4.78 is 11.0. The zero-order valence-corrected chi connectivity index (χ0v) is 12.8. The molecule has 24 heavy (non-hydrogen) atoms. The van der Waals surface area contributed by atoms with Gasteiger partial charge in [-0.3, -0.25) is 4.79 Å². The zero-order valence-electron chi connectivity index (χ0n) is 12.8. The van der Waals surface area contributed by atoms with Crippen LogP contribution in [-0.4, -0.2) is 36.7 Å². The number of carboxylic acids is 1. The fraction of sp³-hybridized carbons (Fsp3) is 0.222. The first-order valence-electron chi connectivity index (χ1n) is 7.71. The van der Waals surface area contributed by atoms with Gasteiger partial charge in [0.15, 0.2) is 11.5 Å². The van der Waals surface area contributed by atoms with Crippen LogP contribution in [0.2, 0.25) is 0 Å². The molecule has 0 radical (unpaired) electrons. The Bertz CT molecular complexity index is 845. The number of hydrogen-bond acceptors (Lipinski definition) is 4. The largest absolute Gasteiger partial charge is 0.486 e. The summed E-state index contributed by atoms with van der Waals surface area (Å²) in [7, 11) is 0. The lowest BCUT2D eigenvalue weighted by Crippen LogP contribution is -2.29. The maximum Gasteiger partial charge on any atom is 0.335 e. The maximum atomic E-state index is 12.8. The third-order valence-corrected chi connectivity index (χ3v) is 4.26. The minimum absolute atomic E-state index is 0.131. The molecular weight excluding hydrogens is 310 g/mol. The van der Waals surface area contributed by atoms with Crippen molar-refractivity contribution in [2.45, 2.75) is 6.42 Å². The number of benzene rings is 2. The number of aromatic carboxylic acids is 1. The van der Waals surface area contributed by atoms with Gasteiger partial charge in [-0.1, -0.05) is 0 Å². The van der Waals surface area contributed by atoms with E-state index in [1.165, 1.54) is 6.07 Å². The molecule has 6 heteroatoms. The van der Waals surface area contributed by atoms with E-state index < -0.39 is 5.97 Å². The summed E-state index contributed by atoms with van der Waals surface area (Å²) in [6.45, 7) is 1.51. The Morgan fingerprint density at radius 2 is 1.71 bits per heavy atom. The fourth-order valence-corrected chi connectivity index (χ4v) is 3.08. The Morgan fingerprint density at radius 3 is 2.50 bits per heavy atom. The van der Waals surface area contributed by atoms with Crippen LogP contribution in [0.1, 0.15) is 26.3 Å². The van der Waals surface area contributed by atoms with E-state index in [4.69, 9.17) is 14.6 Å². The first kappa shape index (κ1) is 14.6. The van der Waals surface area contributed by atoms with E-state index in [1.807, 2.05) is 0 Å². The summed E-state index contributed by atoms with van der Waals surface area (Å²) in [5.74, 6) is 0.127. The first-order chi connectivity index (χ1) is 11.6. The highest BCUT2D eigenvalue weighted by Crippen LogP contribution is 2.34. The molecule has 2 aromatic rings. The third-order valence-electron chi connectivity index (χ3n) is 4.26. The highest BCUT2D eigenvalue weighted by atomic mass is 16.6. The molecule has 2 aliphatic rings. The predicted molar refractivity (Wildman–Crippen MR) is 86.2 cm³/mol. The van der Waals surface area contributed by atoms with E-state index in [0.717, 1.165) is 11.3 Å². The number of ether oxygens (including phenoxy) is 2. The molecule has 0 aliphatic carbocycles. The lowest BCUT2D eigenvalue weighted by molar-refractivity contribution is 0.0696. The van der Waals surface area contributed by atoms with E-state index in [1.54, 1.807) is 35.2 Å². The van der Waals surface area contributed by atoms with Gasteiger partial charge in [-0.2, -0.15) is 0 Å². The van der Waals surface area contributed by atoms with Gasteiger partial charge in [-0.05, 0) is 48.4 Å². The van der Waals surface area contributed by atoms with Crippen LogP contribution in [0.25, 0.3) is 0 Å². The third kappa shape index (κ3) is 2.36. The molecule has 0 aromatic heterocycles. The lowest BCUT2D eigenvalue weighted by Gasteiger charge is -2.21. The van der Waals surface area contributed by atoms with E-state index in [9.17, 15) is 9.59 Å². The zero-order chi connectivity index (χ0) is 16.7. The van der Waals surface area contributed by atoms with Crippen molar-refractivity contribution in [2.75, 3.05) is 24.7 Å². The van der Waals surface area contributed by atoms with Crippen molar-refractivity contribution in [3.8, 4) is 11.5 Å². The molecule has 1 N–H and O–H groups in total. The van der Waals surface area contributed by atoms with Crippen LogP contribution < -0.4 is 14.4 Å². The molecule has 0 saturated heterocycles. The average Bonchev–Trinajstić information content (AvgIpc) is 3.03. The first-order valence-corrected chi connectivity index (χ1v) is 7.71. The standard InChI is InChI=1S/C18H15NO5/c20-17(12-2-4-15-16(10-12)24-8-7-23-15)19-6-5-11-9-13(18(21)22)1-3-14(11)19/h1-4,9-10H,5-8H2,(H,21,22). The molecule has 0 bridgehead atoms. The summed E-state index contributed by atoms with van der Waals surface area (Å²) in [5, 5.41) is 9.08. The van der Waals surface area contributed by atoms with Gasteiger partial charge in [-0.25, -0.2) is 4.79 Å². The molecule has 1 amide bonds. The van der Waals surface area contributed by atoms with Crippen LogP contribution in [0, 0.1) is 0 Å². The van der Waals surface area contributed by atoms with E-state index >= 15 is 0 Å². The average molecular weight is 325 g/mol. The number of rotatable bonds is 2. The number of hydrogen-bond donors (Lipinski definition) is 1. The summed E-state index contributed by atoms with van der Waals surface area (Å²) in [6.07, 6.45) is 0.646. The van der Waals surface area contributed by atoms with Crippen LogP contribution in [0.5, 0.6) is 11.5 Å². The van der Waals surface area contributed by atoms with Gasteiger partial charge in [0, 0.05) is 17.8 Å². The van der Waals surface area contributed by atoms with Crippen LogP contribution in [0.4, 0.5) is 5.69 Å². The monoisotopic (exact) mass is 325 g/mol. The number of carbonyl (C=O) groups excluding carboxylic acids is 1. The lowest BCUT2D eigenvalue weighted by atomic mass is 10.1. The molecule has 6 nitrogen and oxygen atoms in total. The second-order valence-electron chi connectivity index (χ2n) is 5.71. The van der Waals surface area contributed by atoms with Crippen molar-refractivity contribution in [2.24, 2.45) is 0 Å². The van der Waals surface area contributed by atoms with Crippen molar-refractivity contribution in [3.63, 3.8) is 0 Å². The highest BCUT2D eigenvalue weighted by molar-refractivity contribution is 6.08. The number of amides is 1. The van der Waals surface area contributed by atoms with E-state index in [0.29, 0.717) is 43.2 Å². The van der Waals surface area contributed by atoms with Crippen LogP contribution in [-0.2, 0) is 6.42 Å². The molecule has 0 fully saturated rings. The van der Waals surface area contributed by atoms with Crippen molar-refractivity contribution in [1.82, 2.24) is 0 Å². The minimum atomic E-state index is -0.964. The van der Waals surface area contributed by atoms with E-state index in [2.05, 4.69) is 0 Å². The van der Waals surface area contributed by atoms with Gasteiger partial charge in [0.2, 0.25) is 0 Å². The molecule has 2 heterocycles. The van der Waals surface area contributed by atoms with Gasteiger partial charge < -0.3 is 19.5 Å². The second kappa shape index (κ2) is 5.56. The molecule has 0 unspecified atom stereocenters. The summed E-state index contributed by atoms with van der Waals surface area (Å²) in [6, 6.07) is 10.0. The number of carboxylic acid groups (broad SMARTS) is 1. The maximum absolute atomic E-state index is 12.8. The summed E-state index contributed by atoms with van der Waals surface area (Å²) in [5.41, 5.74) is 2.40. The van der Waals surface area contributed by atoms with Crippen molar-refractivity contribution in [3.05, 3.63) is 53.1 Å². The van der Waals surface area contributed by atoms with Crippen molar-refractivity contribution < 1.29 is 24.2 Å². The van der Waals surface area contributed by atoms with Crippen LogP contribution in [0.3, 0.4) is 0 Å². The number of nitrogens with zero attached hydrogens (tertiary/aromatic N) is 1. The van der Waals surface area contributed by atoms with Crippen LogP contribution >= 0.6 is 0 Å². The Morgan fingerprint density at radius 1 is 0.958 bits per heavy atom. The summed E-state index contributed by atoms with van der Waals surface area (Å²) in [4.78, 5) is 25.6. The molecule has 0 atom stereocenters. The molecule has 122 valence electrons. The number of anilines is 1. The Labute approximate surface area is 138 Å². The van der Waals surface area contributed by atoms with Gasteiger partial charge >= 0.3 is 5.97 Å². The highest BCUT2D eigenvalue weighted by Gasteiger charge is 2.27. The fourth-order valence-electron chi connectivity index (χ4n) is 3.08. The Hall–Kier alpha value is -3.02. The van der Waals surface area contributed by atoms with Gasteiger partial charge in [-0.15, -0.1) is 0 Å². The number of fused-ring (bicyclic) bond motifs is 2.